The molecule has 0 aromatic rings. The molecule has 0 aliphatic heterocycles. The van der Waals surface area contributed by atoms with Crippen molar-refractivity contribution in [3.8, 4) is 0 Å². The Hall–Kier alpha value is -1.31. The molecule has 0 spiro atoms. The molecule has 0 radical (unpaired) electrons. The zero-order valence-electron chi connectivity index (χ0n) is 4.91. The van der Waals surface area contributed by atoms with Gasteiger partial charge in [0.1, 0.15) is 5.71 Å². The zero-order valence-corrected chi connectivity index (χ0v) is 4.91. The third-order valence-electron chi connectivity index (χ3n) is 1.10. The van der Waals surface area contributed by atoms with Crippen LogP contribution in [-0.2, 0) is 0 Å². The van der Waals surface area contributed by atoms with Crippen molar-refractivity contribution in [1.82, 2.24) is 0 Å². The monoisotopic (exact) mass is 121 g/mol. The van der Waals surface area contributed by atoms with E-state index in [-0.39, 0.29) is 0 Å². The van der Waals surface area contributed by atoms with Gasteiger partial charge in [-0.15, -0.1) is 0 Å². The number of hydrogen-bond acceptors (Lipinski definition) is 2. The van der Waals surface area contributed by atoms with Crippen LogP contribution in [0.2, 0.25) is 0 Å². The van der Waals surface area contributed by atoms with Gasteiger partial charge in [-0.3, -0.25) is 0 Å². The third-order valence-corrected chi connectivity index (χ3v) is 1.10. The highest BCUT2D eigenvalue weighted by atomic mass is 16.4. The molecule has 1 aliphatic rings. The van der Waals surface area contributed by atoms with Gasteiger partial charge < -0.3 is 5.21 Å². The molecule has 0 atom stereocenters. The molecule has 0 aromatic heterocycles. The van der Waals surface area contributed by atoms with Crippen LogP contribution >= 0.6 is 0 Å². The van der Waals surface area contributed by atoms with Crippen LogP contribution in [0.25, 0.3) is 0 Å². The second-order valence-electron chi connectivity index (χ2n) is 1.73. The van der Waals surface area contributed by atoms with Crippen molar-refractivity contribution in [2.24, 2.45) is 5.16 Å². The lowest BCUT2D eigenvalue weighted by molar-refractivity contribution is 0.320. The smallest absolute Gasteiger partial charge is 0.109 e. The van der Waals surface area contributed by atoms with E-state index in [1.807, 2.05) is 6.08 Å². The minimum Gasteiger partial charge on any atom is -0.410 e. The molecule has 0 unspecified atom stereocenters. The highest BCUT2D eigenvalue weighted by Crippen LogP contribution is 2.03. The molecule has 9 heavy (non-hydrogen) atoms. The molecule has 1 N–H and O–H groups in total. The number of rotatable bonds is 0. The van der Waals surface area contributed by atoms with Crippen LogP contribution in [-0.4, -0.2) is 10.9 Å². The quantitative estimate of drug-likeness (QED) is 0.382. The first-order valence-electron chi connectivity index (χ1n) is 2.60. The Bertz CT molecular complexity index is 211. The highest BCUT2D eigenvalue weighted by Gasteiger charge is 1.98. The van der Waals surface area contributed by atoms with Crippen LogP contribution in [0.3, 0.4) is 0 Å². The van der Waals surface area contributed by atoms with E-state index < -0.39 is 0 Å². The fourth-order valence-corrected chi connectivity index (χ4v) is 0.608. The van der Waals surface area contributed by atoms with Gasteiger partial charge in [0.05, 0.1) is 0 Å². The fourth-order valence-electron chi connectivity index (χ4n) is 0.608. The second kappa shape index (κ2) is 2.31. The maximum Gasteiger partial charge on any atom is 0.109 e. The largest absolute Gasteiger partial charge is 0.410 e. The summed E-state index contributed by atoms with van der Waals surface area (Å²) in [7, 11) is 0. The standard InChI is InChI=1S/C7H7NO/c1-6-4-2-3-5-7(6)8-9/h2-5,9H,1H2/b8-7+. The highest BCUT2D eigenvalue weighted by molar-refractivity contribution is 6.10. The molecule has 0 fully saturated rings. The van der Waals surface area contributed by atoms with E-state index in [4.69, 9.17) is 5.21 Å². The van der Waals surface area contributed by atoms with Crippen LogP contribution in [0.15, 0.2) is 41.6 Å². The van der Waals surface area contributed by atoms with Gasteiger partial charge in [0.15, 0.2) is 0 Å². The Balaban J connectivity index is 2.91. The van der Waals surface area contributed by atoms with E-state index in [9.17, 15) is 0 Å². The van der Waals surface area contributed by atoms with Gasteiger partial charge in [0, 0.05) is 0 Å². The van der Waals surface area contributed by atoms with Gasteiger partial charge in [0.2, 0.25) is 0 Å². The van der Waals surface area contributed by atoms with Crippen LogP contribution < -0.4 is 0 Å². The Morgan fingerprint density at radius 2 is 2.00 bits per heavy atom. The van der Waals surface area contributed by atoms with Crippen LogP contribution in [0.4, 0.5) is 0 Å². The molecule has 2 heteroatoms. The topological polar surface area (TPSA) is 32.6 Å². The normalized spacial score (nSPS) is 21.3. The molecule has 0 bridgehead atoms. The van der Waals surface area contributed by atoms with Gasteiger partial charge >= 0.3 is 0 Å². The molecule has 0 saturated heterocycles. The molecule has 0 heterocycles. The van der Waals surface area contributed by atoms with Crippen molar-refractivity contribution in [3.05, 3.63) is 36.5 Å². The predicted molar refractivity (Wildman–Crippen MR) is 36.6 cm³/mol. The van der Waals surface area contributed by atoms with Crippen molar-refractivity contribution in [2.75, 3.05) is 0 Å². The number of hydrogen-bond donors (Lipinski definition) is 1. The molecule has 2 nitrogen and oxygen atoms in total. The summed E-state index contributed by atoms with van der Waals surface area (Å²) in [6.07, 6.45) is 7.12. The van der Waals surface area contributed by atoms with E-state index >= 15 is 0 Å². The second-order valence-corrected chi connectivity index (χ2v) is 1.73. The molecule has 1 aliphatic carbocycles. The van der Waals surface area contributed by atoms with Gasteiger partial charge in [-0.2, -0.15) is 0 Å². The van der Waals surface area contributed by atoms with Crippen molar-refractivity contribution in [1.29, 1.82) is 0 Å². The molecule has 0 saturated carbocycles. The van der Waals surface area contributed by atoms with E-state index in [1.54, 1.807) is 18.2 Å². The summed E-state index contributed by atoms with van der Waals surface area (Å²) in [5.74, 6) is 0. The predicted octanol–water partition coefficient (Wildman–Crippen LogP) is 1.50. The summed E-state index contributed by atoms with van der Waals surface area (Å²) in [4.78, 5) is 0. The molecule has 1 rings (SSSR count). The van der Waals surface area contributed by atoms with Gasteiger partial charge in [-0.25, -0.2) is 0 Å². The summed E-state index contributed by atoms with van der Waals surface area (Å²) in [5, 5.41) is 11.3. The van der Waals surface area contributed by atoms with E-state index in [1.165, 1.54) is 0 Å². The summed E-state index contributed by atoms with van der Waals surface area (Å²) in [6, 6.07) is 0. The van der Waals surface area contributed by atoms with E-state index in [2.05, 4.69) is 11.7 Å². The maximum absolute atomic E-state index is 8.30. The number of allylic oxidation sites excluding steroid dienone is 5. The van der Waals surface area contributed by atoms with Gasteiger partial charge in [0.25, 0.3) is 0 Å². The molecular weight excluding hydrogens is 114 g/mol. The van der Waals surface area contributed by atoms with Gasteiger partial charge in [-0.1, -0.05) is 30.0 Å². The van der Waals surface area contributed by atoms with Crippen molar-refractivity contribution < 1.29 is 5.21 Å². The minimum atomic E-state index is 0.525. The number of oxime groups is 1. The summed E-state index contributed by atoms with van der Waals surface area (Å²) in [5.41, 5.74) is 1.26. The van der Waals surface area contributed by atoms with Gasteiger partial charge in [-0.05, 0) is 11.6 Å². The first-order valence-corrected chi connectivity index (χ1v) is 2.60. The lowest BCUT2D eigenvalue weighted by atomic mass is 10.1. The SMILES string of the molecule is C=C1C=CC=C/C1=N\O. The zero-order chi connectivity index (χ0) is 6.69. The first kappa shape index (κ1) is 5.82. The molecule has 46 valence electrons. The minimum absolute atomic E-state index is 0.525. The fraction of sp³-hybridized carbons (Fsp3) is 0. The lowest BCUT2D eigenvalue weighted by Crippen LogP contribution is -1.97. The summed E-state index contributed by atoms with van der Waals surface area (Å²) in [6.45, 7) is 3.64. The number of nitrogens with zero attached hydrogens (tertiary/aromatic N) is 1. The van der Waals surface area contributed by atoms with Crippen molar-refractivity contribution in [3.63, 3.8) is 0 Å². The molecular formula is C7H7NO. The summed E-state index contributed by atoms with van der Waals surface area (Å²) >= 11 is 0. The van der Waals surface area contributed by atoms with Crippen LogP contribution in [0.1, 0.15) is 0 Å². The average Bonchev–Trinajstić information content (AvgIpc) is 1.89. The summed E-state index contributed by atoms with van der Waals surface area (Å²) < 4.78 is 0. The van der Waals surface area contributed by atoms with Crippen LogP contribution in [0, 0.1) is 0 Å². The maximum atomic E-state index is 8.30. The Kier molecular flexibility index (Phi) is 1.49. The third kappa shape index (κ3) is 1.08. The Morgan fingerprint density at radius 3 is 2.44 bits per heavy atom. The van der Waals surface area contributed by atoms with Crippen molar-refractivity contribution in [2.45, 2.75) is 0 Å². The molecule has 0 amide bonds. The lowest BCUT2D eigenvalue weighted by Gasteiger charge is -1.99. The Labute approximate surface area is 53.5 Å². The van der Waals surface area contributed by atoms with Crippen LogP contribution in [0.5, 0.6) is 0 Å². The first-order chi connectivity index (χ1) is 4.34. The van der Waals surface area contributed by atoms with Crippen molar-refractivity contribution >= 4 is 5.71 Å². The molecule has 0 aromatic carbocycles. The van der Waals surface area contributed by atoms with E-state index in [0.29, 0.717) is 5.71 Å². The average molecular weight is 121 g/mol. The van der Waals surface area contributed by atoms with E-state index in [0.717, 1.165) is 5.57 Å². The Morgan fingerprint density at radius 1 is 1.33 bits per heavy atom.